The van der Waals surface area contributed by atoms with E-state index in [2.05, 4.69) is 10.1 Å². The number of aryl methyl sites for hydroxylation is 1. The summed E-state index contributed by atoms with van der Waals surface area (Å²) in [7, 11) is 0. The lowest BCUT2D eigenvalue weighted by molar-refractivity contribution is -0.141. The number of hydrogen-bond donors (Lipinski definition) is 1. The summed E-state index contributed by atoms with van der Waals surface area (Å²) >= 11 is 4.70. The number of alkyl halides is 3. The minimum atomic E-state index is -4.48. The fourth-order valence-electron chi connectivity index (χ4n) is 1.43. The van der Waals surface area contributed by atoms with Gasteiger partial charge in [0, 0.05) is 18.3 Å². The average molecular weight is 274 g/mol. The Balaban J connectivity index is 2.51. The third kappa shape index (κ3) is 2.58. The number of H-pyrrole nitrogens is 1. The van der Waals surface area contributed by atoms with Gasteiger partial charge in [-0.2, -0.15) is 18.3 Å². The lowest BCUT2D eigenvalue weighted by Crippen LogP contribution is -2.09. The predicted molar refractivity (Wildman–Crippen MR) is 61.3 cm³/mol. The van der Waals surface area contributed by atoms with Crippen LogP contribution < -0.4 is 0 Å². The van der Waals surface area contributed by atoms with E-state index >= 15 is 0 Å². The Hall–Kier alpha value is -1.70. The van der Waals surface area contributed by atoms with E-state index in [0.29, 0.717) is 12.1 Å². The van der Waals surface area contributed by atoms with Crippen LogP contribution in [0.4, 0.5) is 13.2 Å². The Morgan fingerprint density at radius 2 is 2.17 bits per heavy atom. The summed E-state index contributed by atoms with van der Waals surface area (Å²) in [5, 5.41) is 3.98. The highest BCUT2D eigenvalue weighted by Crippen LogP contribution is 2.29. The number of rotatable bonds is 2. The smallest absolute Gasteiger partial charge is 0.327 e. The predicted octanol–water partition coefficient (Wildman–Crippen LogP) is 3.04. The Labute approximate surface area is 105 Å². The SMILES string of the molecule is CCn1cc(-c2cc(C(F)(F)F)[nH]c(=S)n2)cn1. The summed E-state index contributed by atoms with van der Waals surface area (Å²) in [4.78, 5) is 5.90. The molecule has 1 N–H and O–H groups in total. The van der Waals surface area contributed by atoms with Crippen molar-refractivity contribution >= 4 is 12.2 Å². The van der Waals surface area contributed by atoms with Gasteiger partial charge in [0.25, 0.3) is 0 Å². The molecule has 0 aliphatic rings. The summed E-state index contributed by atoms with van der Waals surface area (Å²) in [5.41, 5.74) is -0.255. The molecule has 2 heterocycles. The van der Waals surface area contributed by atoms with Crippen molar-refractivity contribution in [3.63, 3.8) is 0 Å². The molecule has 0 spiro atoms. The summed E-state index contributed by atoms with van der Waals surface area (Å²) < 4.78 is 39.2. The number of aromatic nitrogens is 4. The highest BCUT2D eigenvalue weighted by Gasteiger charge is 2.32. The van der Waals surface area contributed by atoms with Crippen LogP contribution in [0.15, 0.2) is 18.5 Å². The average Bonchev–Trinajstić information content (AvgIpc) is 2.75. The van der Waals surface area contributed by atoms with Crippen LogP contribution in [0, 0.1) is 4.77 Å². The molecule has 2 rings (SSSR count). The first-order valence-corrected chi connectivity index (χ1v) is 5.52. The number of aromatic amines is 1. The molecule has 0 unspecified atom stereocenters. The van der Waals surface area contributed by atoms with Crippen molar-refractivity contribution in [1.82, 2.24) is 19.7 Å². The van der Waals surface area contributed by atoms with Crippen molar-refractivity contribution < 1.29 is 13.2 Å². The molecule has 0 saturated heterocycles. The molecule has 18 heavy (non-hydrogen) atoms. The van der Waals surface area contributed by atoms with Gasteiger partial charge in [-0.1, -0.05) is 0 Å². The first-order chi connectivity index (χ1) is 8.40. The molecular formula is C10H9F3N4S. The monoisotopic (exact) mass is 274 g/mol. The second-order valence-electron chi connectivity index (χ2n) is 3.57. The first kappa shape index (κ1) is 12.7. The van der Waals surface area contributed by atoms with Crippen LogP contribution in [-0.4, -0.2) is 19.7 Å². The van der Waals surface area contributed by atoms with E-state index in [-0.39, 0.29) is 10.5 Å². The van der Waals surface area contributed by atoms with Crippen molar-refractivity contribution in [2.75, 3.05) is 0 Å². The van der Waals surface area contributed by atoms with Gasteiger partial charge in [-0.3, -0.25) is 4.68 Å². The number of nitrogens with zero attached hydrogens (tertiary/aromatic N) is 3. The maximum Gasteiger partial charge on any atom is 0.431 e. The van der Waals surface area contributed by atoms with Crippen LogP contribution in [0.5, 0.6) is 0 Å². The van der Waals surface area contributed by atoms with E-state index in [1.54, 1.807) is 10.9 Å². The van der Waals surface area contributed by atoms with E-state index in [9.17, 15) is 13.2 Å². The van der Waals surface area contributed by atoms with Crippen molar-refractivity contribution in [1.29, 1.82) is 0 Å². The van der Waals surface area contributed by atoms with Crippen molar-refractivity contribution in [3.05, 3.63) is 28.9 Å². The van der Waals surface area contributed by atoms with E-state index in [1.807, 2.05) is 11.9 Å². The Bertz CT molecular complexity index is 614. The molecule has 0 aliphatic heterocycles. The number of hydrogen-bond acceptors (Lipinski definition) is 3. The van der Waals surface area contributed by atoms with Gasteiger partial charge >= 0.3 is 6.18 Å². The van der Waals surface area contributed by atoms with Gasteiger partial charge in [0.15, 0.2) is 4.77 Å². The van der Waals surface area contributed by atoms with Gasteiger partial charge in [0.1, 0.15) is 5.69 Å². The largest absolute Gasteiger partial charge is 0.431 e. The molecular weight excluding hydrogens is 265 g/mol. The van der Waals surface area contributed by atoms with Gasteiger partial charge < -0.3 is 4.98 Å². The molecule has 0 bridgehead atoms. The van der Waals surface area contributed by atoms with Crippen LogP contribution in [0.3, 0.4) is 0 Å². The third-order valence-corrected chi connectivity index (χ3v) is 2.50. The zero-order valence-electron chi connectivity index (χ0n) is 9.32. The lowest BCUT2D eigenvalue weighted by Gasteiger charge is -2.07. The van der Waals surface area contributed by atoms with Crippen LogP contribution in [-0.2, 0) is 12.7 Å². The van der Waals surface area contributed by atoms with Crippen LogP contribution in [0.2, 0.25) is 0 Å². The Morgan fingerprint density at radius 1 is 1.44 bits per heavy atom. The van der Waals surface area contributed by atoms with Crippen molar-refractivity contribution in [3.8, 4) is 11.3 Å². The van der Waals surface area contributed by atoms with Crippen LogP contribution in [0.1, 0.15) is 12.6 Å². The number of halogens is 3. The van der Waals surface area contributed by atoms with Gasteiger partial charge in [0.2, 0.25) is 0 Å². The fourth-order valence-corrected chi connectivity index (χ4v) is 1.64. The molecule has 0 amide bonds. The van der Waals surface area contributed by atoms with Gasteiger partial charge in [-0.25, -0.2) is 4.98 Å². The summed E-state index contributed by atoms with van der Waals surface area (Å²) in [5.74, 6) is 0. The topological polar surface area (TPSA) is 46.5 Å². The molecule has 96 valence electrons. The van der Waals surface area contributed by atoms with Gasteiger partial charge in [-0.15, -0.1) is 0 Å². The molecule has 0 aromatic carbocycles. The minimum Gasteiger partial charge on any atom is -0.327 e. The van der Waals surface area contributed by atoms with E-state index in [1.165, 1.54) is 6.20 Å². The summed E-state index contributed by atoms with van der Waals surface area (Å²) in [6, 6.07) is 0.923. The number of nitrogens with one attached hydrogen (secondary N) is 1. The maximum atomic E-state index is 12.6. The highest BCUT2D eigenvalue weighted by molar-refractivity contribution is 7.71. The van der Waals surface area contributed by atoms with E-state index < -0.39 is 11.9 Å². The summed E-state index contributed by atoms with van der Waals surface area (Å²) in [6.45, 7) is 2.51. The molecule has 0 saturated carbocycles. The van der Waals surface area contributed by atoms with Crippen LogP contribution >= 0.6 is 12.2 Å². The van der Waals surface area contributed by atoms with E-state index in [4.69, 9.17) is 12.2 Å². The van der Waals surface area contributed by atoms with Crippen molar-refractivity contribution in [2.24, 2.45) is 0 Å². The normalized spacial score (nSPS) is 11.8. The molecule has 4 nitrogen and oxygen atoms in total. The molecule has 0 aliphatic carbocycles. The maximum absolute atomic E-state index is 12.6. The Kier molecular flexibility index (Phi) is 3.20. The van der Waals surface area contributed by atoms with Crippen LogP contribution in [0.25, 0.3) is 11.3 Å². The highest BCUT2D eigenvalue weighted by atomic mass is 32.1. The fraction of sp³-hybridized carbons (Fsp3) is 0.300. The van der Waals surface area contributed by atoms with Gasteiger partial charge in [0.05, 0.1) is 11.9 Å². The van der Waals surface area contributed by atoms with Crippen molar-refractivity contribution in [2.45, 2.75) is 19.6 Å². The molecule has 2 aromatic heterocycles. The molecule has 2 aromatic rings. The molecule has 0 radical (unpaired) electrons. The molecule has 8 heteroatoms. The van der Waals surface area contributed by atoms with E-state index in [0.717, 1.165) is 6.07 Å². The zero-order chi connectivity index (χ0) is 13.3. The first-order valence-electron chi connectivity index (χ1n) is 5.11. The molecule has 0 atom stereocenters. The third-order valence-electron chi connectivity index (χ3n) is 2.30. The zero-order valence-corrected chi connectivity index (χ0v) is 10.1. The standard InChI is InChI=1S/C10H9F3N4S/c1-2-17-5-6(4-14-17)7-3-8(10(11,12)13)16-9(18)15-7/h3-5H,2H2,1H3,(H,15,16,18). The lowest BCUT2D eigenvalue weighted by atomic mass is 10.2. The second kappa shape index (κ2) is 4.52. The molecule has 0 fully saturated rings. The van der Waals surface area contributed by atoms with Gasteiger partial charge in [-0.05, 0) is 25.2 Å². The second-order valence-corrected chi connectivity index (χ2v) is 3.95. The summed E-state index contributed by atoms with van der Waals surface area (Å²) in [6.07, 6.45) is -1.40. The minimum absolute atomic E-state index is 0.158. The Morgan fingerprint density at radius 3 is 2.72 bits per heavy atom. The quantitative estimate of drug-likeness (QED) is 0.856.